The predicted octanol–water partition coefficient (Wildman–Crippen LogP) is 0.463. The molecule has 0 aliphatic carbocycles. The fraction of sp³-hybridized carbons (Fsp3) is 0.429. The van der Waals surface area contributed by atoms with Crippen LogP contribution in [-0.4, -0.2) is 51.1 Å². The Morgan fingerprint density at radius 2 is 2.00 bits per heavy atom. The van der Waals surface area contributed by atoms with E-state index in [9.17, 15) is 4.79 Å². The van der Waals surface area contributed by atoms with Gasteiger partial charge in [-0.3, -0.25) is 9.79 Å². The van der Waals surface area contributed by atoms with E-state index >= 15 is 0 Å². The van der Waals surface area contributed by atoms with Gasteiger partial charge in [0.15, 0.2) is 5.84 Å². The van der Waals surface area contributed by atoms with Crippen LogP contribution in [-0.2, 0) is 9.53 Å². The van der Waals surface area contributed by atoms with Crippen molar-refractivity contribution in [1.82, 2.24) is 5.32 Å². The first-order valence-corrected chi connectivity index (χ1v) is 6.85. The maximum absolute atomic E-state index is 11.9. The van der Waals surface area contributed by atoms with Crippen molar-refractivity contribution in [2.45, 2.75) is 0 Å². The first kappa shape index (κ1) is 12.9. The summed E-state index contributed by atoms with van der Waals surface area (Å²) < 4.78 is 5.34. The average Bonchev–Trinajstić information content (AvgIpc) is 3.03. The molecule has 1 saturated heterocycles. The van der Waals surface area contributed by atoms with Gasteiger partial charge in [-0.1, -0.05) is 0 Å². The molecule has 1 amide bonds. The molecule has 1 fully saturated rings. The van der Waals surface area contributed by atoms with E-state index in [1.165, 1.54) is 0 Å². The molecule has 106 valence electrons. The number of rotatable bonds is 3. The van der Waals surface area contributed by atoms with Crippen molar-refractivity contribution in [1.29, 1.82) is 0 Å². The Morgan fingerprint density at radius 3 is 2.65 bits per heavy atom. The van der Waals surface area contributed by atoms with Crippen LogP contribution in [0.4, 0.5) is 11.4 Å². The largest absolute Gasteiger partial charge is 0.378 e. The van der Waals surface area contributed by atoms with E-state index in [1.54, 1.807) is 0 Å². The number of anilines is 2. The number of nitrogens with zero attached hydrogens (tertiary/aromatic N) is 2. The quantitative estimate of drug-likeness (QED) is 0.840. The van der Waals surface area contributed by atoms with Gasteiger partial charge in [0.25, 0.3) is 5.91 Å². The van der Waals surface area contributed by atoms with Crippen molar-refractivity contribution >= 4 is 23.1 Å². The lowest BCUT2D eigenvalue weighted by atomic mass is 10.2. The minimum absolute atomic E-state index is 0.179. The molecular weight excluding hydrogens is 256 g/mol. The van der Waals surface area contributed by atoms with Crippen molar-refractivity contribution in [3.05, 3.63) is 24.3 Å². The molecule has 0 unspecified atom stereocenters. The fourth-order valence-electron chi connectivity index (χ4n) is 2.32. The Labute approximate surface area is 117 Å². The first-order chi connectivity index (χ1) is 9.83. The van der Waals surface area contributed by atoms with Crippen LogP contribution in [0.15, 0.2) is 29.3 Å². The average molecular weight is 274 g/mol. The highest BCUT2D eigenvalue weighted by Crippen LogP contribution is 2.19. The summed E-state index contributed by atoms with van der Waals surface area (Å²) in [7, 11) is 0. The lowest BCUT2D eigenvalue weighted by molar-refractivity contribution is -0.110. The summed E-state index contributed by atoms with van der Waals surface area (Å²) in [6.45, 7) is 4.75. The van der Waals surface area contributed by atoms with Crippen LogP contribution in [0, 0.1) is 0 Å². The molecule has 0 aromatic heterocycles. The molecule has 0 bridgehead atoms. The summed E-state index contributed by atoms with van der Waals surface area (Å²) in [4.78, 5) is 18.2. The normalized spacial score (nSPS) is 18.4. The summed E-state index contributed by atoms with van der Waals surface area (Å²) in [6, 6.07) is 7.87. The van der Waals surface area contributed by atoms with Gasteiger partial charge in [-0.15, -0.1) is 0 Å². The third kappa shape index (κ3) is 2.91. The molecule has 2 aliphatic rings. The van der Waals surface area contributed by atoms with E-state index in [0.717, 1.165) is 44.2 Å². The maximum Gasteiger partial charge on any atom is 0.290 e. The van der Waals surface area contributed by atoms with Gasteiger partial charge in [-0.2, -0.15) is 0 Å². The highest BCUT2D eigenvalue weighted by atomic mass is 16.5. The lowest BCUT2D eigenvalue weighted by Gasteiger charge is -2.28. The number of benzene rings is 1. The number of hydrogen-bond acceptors (Lipinski definition) is 5. The van der Waals surface area contributed by atoms with Gasteiger partial charge in [0.1, 0.15) is 0 Å². The lowest BCUT2D eigenvalue weighted by Crippen LogP contribution is -2.36. The van der Waals surface area contributed by atoms with Crippen LogP contribution < -0.4 is 15.5 Å². The minimum Gasteiger partial charge on any atom is -0.378 e. The number of amidine groups is 1. The predicted molar refractivity (Wildman–Crippen MR) is 78.4 cm³/mol. The third-order valence-corrected chi connectivity index (χ3v) is 3.39. The molecule has 2 heterocycles. The zero-order valence-corrected chi connectivity index (χ0v) is 11.3. The third-order valence-electron chi connectivity index (χ3n) is 3.39. The Balaban J connectivity index is 1.62. The van der Waals surface area contributed by atoms with Crippen molar-refractivity contribution in [2.24, 2.45) is 4.99 Å². The number of carbonyl (C=O) groups excluding carboxylic acids is 1. The second kappa shape index (κ2) is 5.92. The molecule has 1 aromatic rings. The van der Waals surface area contributed by atoms with Gasteiger partial charge in [0.05, 0.1) is 19.8 Å². The monoisotopic (exact) mass is 274 g/mol. The van der Waals surface area contributed by atoms with Crippen molar-refractivity contribution in [3.63, 3.8) is 0 Å². The molecule has 6 nitrogen and oxygen atoms in total. The van der Waals surface area contributed by atoms with Crippen LogP contribution in [0.25, 0.3) is 0 Å². The van der Waals surface area contributed by atoms with Gasteiger partial charge in [0.2, 0.25) is 0 Å². The zero-order chi connectivity index (χ0) is 13.8. The van der Waals surface area contributed by atoms with Crippen LogP contribution in [0.3, 0.4) is 0 Å². The summed E-state index contributed by atoms with van der Waals surface area (Å²) in [5.74, 6) is 0.240. The molecule has 1 aromatic carbocycles. The number of aliphatic imine (C=N–C) groups is 1. The van der Waals surface area contributed by atoms with Crippen LogP contribution in [0.2, 0.25) is 0 Å². The summed E-state index contributed by atoms with van der Waals surface area (Å²) in [5, 5.41) is 5.79. The van der Waals surface area contributed by atoms with Gasteiger partial charge < -0.3 is 20.3 Å². The zero-order valence-electron chi connectivity index (χ0n) is 11.3. The van der Waals surface area contributed by atoms with E-state index in [4.69, 9.17) is 4.74 Å². The standard InChI is InChI=1S/C14H18N4O2/c19-14(13-15-5-6-16-13)17-11-1-3-12(4-2-11)18-7-9-20-10-8-18/h1-4H,5-10H2,(H,15,16)(H,17,19). The number of nitrogens with one attached hydrogen (secondary N) is 2. The second-order valence-electron chi connectivity index (χ2n) is 4.76. The van der Waals surface area contributed by atoms with Gasteiger partial charge >= 0.3 is 0 Å². The molecule has 2 aliphatic heterocycles. The smallest absolute Gasteiger partial charge is 0.290 e. The number of morpholine rings is 1. The summed E-state index contributed by atoms with van der Waals surface area (Å²) in [5.41, 5.74) is 1.94. The van der Waals surface area contributed by atoms with Crippen molar-refractivity contribution in [3.8, 4) is 0 Å². The highest BCUT2D eigenvalue weighted by molar-refractivity contribution is 6.42. The van der Waals surface area contributed by atoms with Crippen molar-refractivity contribution < 1.29 is 9.53 Å². The Bertz CT molecular complexity index is 506. The van der Waals surface area contributed by atoms with Gasteiger partial charge in [-0.05, 0) is 24.3 Å². The number of hydrogen-bond donors (Lipinski definition) is 2. The van der Waals surface area contributed by atoms with E-state index in [1.807, 2.05) is 24.3 Å². The Kier molecular flexibility index (Phi) is 3.83. The van der Waals surface area contributed by atoms with Gasteiger partial charge in [0, 0.05) is 31.0 Å². The van der Waals surface area contributed by atoms with E-state index in [2.05, 4.69) is 20.5 Å². The van der Waals surface area contributed by atoms with E-state index < -0.39 is 0 Å². The molecule has 6 heteroatoms. The highest BCUT2D eigenvalue weighted by Gasteiger charge is 2.15. The SMILES string of the molecule is O=C(Nc1ccc(N2CCOCC2)cc1)C1=NCCN1. The van der Waals surface area contributed by atoms with Crippen LogP contribution in [0.5, 0.6) is 0 Å². The molecular formula is C14H18N4O2. The van der Waals surface area contributed by atoms with Gasteiger partial charge in [-0.25, -0.2) is 0 Å². The Morgan fingerprint density at radius 1 is 1.25 bits per heavy atom. The Hall–Kier alpha value is -2.08. The summed E-state index contributed by atoms with van der Waals surface area (Å²) in [6.07, 6.45) is 0. The van der Waals surface area contributed by atoms with Crippen LogP contribution >= 0.6 is 0 Å². The van der Waals surface area contributed by atoms with E-state index in [-0.39, 0.29) is 5.91 Å². The number of ether oxygens (including phenoxy) is 1. The second-order valence-corrected chi connectivity index (χ2v) is 4.76. The molecule has 20 heavy (non-hydrogen) atoms. The number of carbonyl (C=O) groups is 1. The molecule has 0 saturated carbocycles. The molecule has 3 rings (SSSR count). The fourth-order valence-corrected chi connectivity index (χ4v) is 2.32. The molecule has 0 atom stereocenters. The molecule has 2 N–H and O–H groups in total. The molecule has 0 radical (unpaired) electrons. The summed E-state index contributed by atoms with van der Waals surface area (Å²) >= 11 is 0. The number of amides is 1. The first-order valence-electron chi connectivity index (χ1n) is 6.85. The topological polar surface area (TPSA) is 66.0 Å². The van der Waals surface area contributed by atoms with Crippen LogP contribution in [0.1, 0.15) is 0 Å². The molecule has 0 spiro atoms. The van der Waals surface area contributed by atoms with Crippen molar-refractivity contribution in [2.75, 3.05) is 49.6 Å². The van der Waals surface area contributed by atoms with E-state index in [0.29, 0.717) is 12.4 Å². The minimum atomic E-state index is -0.179. The maximum atomic E-state index is 11.9.